The average molecular weight is 266 g/mol. The summed E-state index contributed by atoms with van der Waals surface area (Å²) in [7, 11) is 1.51. The van der Waals surface area contributed by atoms with Gasteiger partial charge in [0.15, 0.2) is 0 Å². The summed E-state index contributed by atoms with van der Waals surface area (Å²) in [4.78, 5) is 12.3. The molecule has 0 saturated carbocycles. The third-order valence-corrected chi connectivity index (χ3v) is 3.57. The molecule has 5 heteroatoms. The lowest BCUT2D eigenvalue weighted by Gasteiger charge is -2.32. The van der Waals surface area contributed by atoms with Crippen LogP contribution in [0, 0.1) is 11.2 Å². The van der Waals surface area contributed by atoms with Crippen LogP contribution in [0.4, 0.5) is 10.1 Å². The molecule has 1 aromatic rings. The molecule has 1 aliphatic heterocycles. The number of carbonyl (C=O) groups excluding carboxylic acids is 1. The van der Waals surface area contributed by atoms with Gasteiger partial charge in [0.1, 0.15) is 11.6 Å². The molecule has 0 spiro atoms. The predicted molar refractivity (Wildman–Crippen MR) is 71.8 cm³/mol. The van der Waals surface area contributed by atoms with E-state index in [0.29, 0.717) is 12.3 Å². The molecule has 1 aliphatic rings. The standard InChI is InChI=1S/C14H19FN2O2/c1-14(6-3-7-16-9-14)13(18)17-12-8-10(19-2)4-5-11(12)15/h4-5,8,16H,3,6-7,9H2,1-2H3,(H,17,18). The Labute approximate surface area is 112 Å². The van der Waals surface area contributed by atoms with Crippen LogP contribution in [-0.2, 0) is 4.79 Å². The maximum absolute atomic E-state index is 13.7. The van der Waals surface area contributed by atoms with Crippen molar-refractivity contribution in [1.82, 2.24) is 5.32 Å². The average Bonchev–Trinajstić information content (AvgIpc) is 2.42. The molecule has 19 heavy (non-hydrogen) atoms. The summed E-state index contributed by atoms with van der Waals surface area (Å²) in [5.74, 6) is -0.100. The number of amides is 1. The van der Waals surface area contributed by atoms with E-state index in [1.165, 1.54) is 25.3 Å². The van der Waals surface area contributed by atoms with E-state index in [-0.39, 0.29) is 11.6 Å². The van der Waals surface area contributed by atoms with Gasteiger partial charge >= 0.3 is 0 Å². The summed E-state index contributed by atoms with van der Waals surface area (Å²) in [6, 6.07) is 4.30. The number of rotatable bonds is 3. The van der Waals surface area contributed by atoms with Crippen LogP contribution < -0.4 is 15.4 Å². The monoisotopic (exact) mass is 266 g/mol. The van der Waals surface area contributed by atoms with Crippen LogP contribution in [0.25, 0.3) is 0 Å². The highest BCUT2D eigenvalue weighted by Crippen LogP contribution is 2.29. The number of carbonyl (C=O) groups is 1. The lowest BCUT2D eigenvalue weighted by Crippen LogP contribution is -2.46. The summed E-state index contributed by atoms with van der Waals surface area (Å²) < 4.78 is 18.7. The lowest BCUT2D eigenvalue weighted by atomic mass is 9.82. The van der Waals surface area contributed by atoms with E-state index in [9.17, 15) is 9.18 Å². The smallest absolute Gasteiger partial charge is 0.231 e. The summed E-state index contributed by atoms with van der Waals surface area (Å²) in [6.07, 6.45) is 1.75. The summed E-state index contributed by atoms with van der Waals surface area (Å²) in [5, 5.41) is 5.86. The molecule has 0 bridgehead atoms. The zero-order chi connectivity index (χ0) is 13.9. The second kappa shape index (κ2) is 5.57. The van der Waals surface area contributed by atoms with E-state index < -0.39 is 11.2 Å². The normalized spacial score (nSPS) is 22.9. The van der Waals surface area contributed by atoms with Crippen LogP contribution in [0.15, 0.2) is 18.2 Å². The van der Waals surface area contributed by atoms with Gasteiger partial charge in [-0.25, -0.2) is 4.39 Å². The van der Waals surface area contributed by atoms with Crippen LogP contribution in [0.1, 0.15) is 19.8 Å². The first kappa shape index (κ1) is 13.8. The van der Waals surface area contributed by atoms with Crippen molar-refractivity contribution in [3.8, 4) is 5.75 Å². The van der Waals surface area contributed by atoms with Crippen LogP contribution in [-0.4, -0.2) is 26.1 Å². The van der Waals surface area contributed by atoms with Gasteiger partial charge in [-0.15, -0.1) is 0 Å². The van der Waals surface area contributed by atoms with Crippen molar-refractivity contribution < 1.29 is 13.9 Å². The molecule has 0 aromatic heterocycles. The Hall–Kier alpha value is -1.62. The zero-order valence-corrected chi connectivity index (χ0v) is 11.3. The largest absolute Gasteiger partial charge is 0.497 e. The number of methoxy groups -OCH3 is 1. The molecule has 1 saturated heterocycles. The Bertz CT molecular complexity index is 471. The van der Waals surface area contributed by atoms with Gasteiger partial charge in [-0.05, 0) is 38.4 Å². The molecule has 1 aromatic carbocycles. The minimum atomic E-state index is -0.492. The van der Waals surface area contributed by atoms with Crippen LogP contribution in [0.2, 0.25) is 0 Å². The summed E-state index contributed by atoms with van der Waals surface area (Å²) >= 11 is 0. The van der Waals surface area contributed by atoms with Gasteiger partial charge in [0.2, 0.25) is 5.91 Å². The maximum Gasteiger partial charge on any atom is 0.231 e. The number of ether oxygens (including phenoxy) is 1. The highest BCUT2D eigenvalue weighted by atomic mass is 19.1. The second-order valence-corrected chi connectivity index (χ2v) is 5.14. The fourth-order valence-corrected chi connectivity index (χ4v) is 2.25. The highest BCUT2D eigenvalue weighted by Gasteiger charge is 2.34. The third-order valence-electron chi connectivity index (χ3n) is 3.57. The van der Waals surface area contributed by atoms with E-state index in [0.717, 1.165) is 19.4 Å². The minimum absolute atomic E-state index is 0.160. The molecule has 2 rings (SSSR count). The van der Waals surface area contributed by atoms with Crippen LogP contribution >= 0.6 is 0 Å². The zero-order valence-electron chi connectivity index (χ0n) is 11.3. The van der Waals surface area contributed by atoms with Crippen molar-refractivity contribution in [2.75, 3.05) is 25.5 Å². The van der Waals surface area contributed by atoms with Crippen molar-refractivity contribution in [2.24, 2.45) is 5.41 Å². The van der Waals surface area contributed by atoms with Crippen LogP contribution in [0.3, 0.4) is 0 Å². The lowest BCUT2D eigenvalue weighted by molar-refractivity contribution is -0.125. The third kappa shape index (κ3) is 3.04. The number of halogens is 1. The molecule has 1 amide bonds. The van der Waals surface area contributed by atoms with Crippen molar-refractivity contribution in [1.29, 1.82) is 0 Å². The van der Waals surface area contributed by atoms with Crippen molar-refractivity contribution in [3.05, 3.63) is 24.0 Å². The summed E-state index contributed by atoms with van der Waals surface area (Å²) in [6.45, 7) is 3.44. The highest BCUT2D eigenvalue weighted by molar-refractivity contribution is 5.95. The maximum atomic E-state index is 13.7. The van der Waals surface area contributed by atoms with Gasteiger partial charge in [0, 0.05) is 12.6 Å². The Morgan fingerprint density at radius 1 is 1.53 bits per heavy atom. The van der Waals surface area contributed by atoms with E-state index in [1.54, 1.807) is 0 Å². The van der Waals surface area contributed by atoms with Gasteiger partial charge in [-0.3, -0.25) is 4.79 Å². The molecule has 2 N–H and O–H groups in total. The number of nitrogens with one attached hydrogen (secondary N) is 2. The second-order valence-electron chi connectivity index (χ2n) is 5.14. The van der Waals surface area contributed by atoms with Gasteiger partial charge in [-0.2, -0.15) is 0 Å². The SMILES string of the molecule is COc1ccc(F)c(NC(=O)C2(C)CCCNC2)c1. The topological polar surface area (TPSA) is 50.4 Å². The molecule has 0 aliphatic carbocycles. The van der Waals surface area contributed by atoms with Crippen molar-refractivity contribution in [3.63, 3.8) is 0 Å². The first-order valence-corrected chi connectivity index (χ1v) is 6.41. The van der Waals surface area contributed by atoms with E-state index in [4.69, 9.17) is 4.74 Å². The molecular weight excluding hydrogens is 247 g/mol. The molecule has 4 nitrogen and oxygen atoms in total. The molecule has 1 fully saturated rings. The molecule has 1 heterocycles. The number of hydrogen-bond donors (Lipinski definition) is 2. The minimum Gasteiger partial charge on any atom is -0.497 e. The molecule has 104 valence electrons. The Balaban J connectivity index is 2.14. The van der Waals surface area contributed by atoms with E-state index >= 15 is 0 Å². The number of piperidine rings is 1. The Morgan fingerprint density at radius 3 is 2.95 bits per heavy atom. The number of benzene rings is 1. The Kier molecular flexibility index (Phi) is 4.04. The molecular formula is C14H19FN2O2. The first-order valence-electron chi connectivity index (χ1n) is 6.41. The van der Waals surface area contributed by atoms with Gasteiger partial charge in [0.25, 0.3) is 0 Å². The van der Waals surface area contributed by atoms with Crippen molar-refractivity contribution >= 4 is 11.6 Å². The van der Waals surface area contributed by atoms with E-state index in [1.807, 2.05) is 6.92 Å². The number of hydrogen-bond acceptors (Lipinski definition) is 3. The molecule has 1 unspecified atom stereocenters. The van der Waals surface area contributed by atoms with Gasteiger partial charge in [0.05, 0.1) is 18.2 Å². The molecule has 0 radical (unpaired) electrons. The predicted octanol–water partition coefficient (Wildman–Crippen LogP) is 2.16. The van der Waals surface area contributed by atoms with Gasteiger partial charge < -0.3 is 15.4 Å². The van der Waals surface area contributed by atoms with Gasteiger partial charge in [-0.1, -0.05) is 0 Å². The quantitative estimate of drug-likeness (QED) is 0.881. The fourth-order valence-electron chi connectivity index (χ4n) is 2.25. The number of anilines is 1. The fraction of sp³-hybridized carbons (Fsp3) is 0.500. The first-order chi connectivity index (χ1) is 9.05. The van der Waals surface area contributed by atoms with E-state index in [2.05, 4.69) is 10.6 Å². The Morgan fingerprint density at radius 2 is 2.32 bits per heavy atom. The summed E-state index contributed by atoms with van der Waals surface area (Å²) in [5.41, 5.74) is -0.329. The molecule has 1 atom stereocenters. The van der Waals surface area contributed by atoms with Crippen LogP contribution in [0.5, 0.6) is 5.75 Å². The van der Waals surface area contributed by atoms with Crippen molar-refractivity contribution in [2.45, 2.75) is 19.8 Å².